The molecule has 3 atom stereocenters. The molecule has 23 heavy (non-hydrogen) atoms. The van der Waals surface area contributed by atoms with E-state index in [9.17, 15) is 14.7 Å². The van der Waals surface area contributed by atoms with Gasteiger partial charge in [0.15, 0.2) is 0 Å². The number of nitrogens with one attached hydrogen (secondary N) is 1. The van der Waals surface area contributed by atoms with Crippen LogP contribution in [0.4, 0.5) is 0 Å². The van der Waals surface area contributed by atoms with Gasteiger partial charge in [0, 0.05) is 6.61 Å². The van der Waals surface area contributed by atoms with Gasteiger partial charge in [-0.05, 0) is 24.8 Å². The molecule has 0 saturated carbocycles. The normalized spacial score (nSPS) is 22.3. The van der Waals surface area contributed by atoms with Gasteiger partial charge in [0.25, 0.3) is 0 Å². The number of aliphatic carboxylic acids is 1. The van der Waals surface area contributed by atoms with Crippen molar-refractivity contribution in [3.63, 3.8) is 0 Å². The van der Waals surface area contributed by atoms with Crippen LogP contribution in [0.25, 0.3) is 0 Å². The minimum atomic E-state index is -0.972. The van der Waals surface area contributed by atoms with E-state index in [1.54, 1.807) is 0 Å². The average molecular weight is 319 g/mol. The molecule has 2 unspecified atom stereocenters. The van der Waals surface area contributed by atoms with E-state index in [0.29, 0.717) is 19.4 Å². The van der Waals surface area contributed by atoms with E-state index >= 15 is 0 Å². The van der Waals surface area contributed by atoms with E-state index in [1.807, 2.05) is 37.3 Å². The molecule has 1 aromatic rings. The Morgan fingerprint density at radius 3 is 2.74 bits per heavy atom. The summed E-state index contributed by atoms with van der Waals surface area (Å²) in [6, 6.07) is 8.84. The lowest BCUT2D eigenvalue weighted by atomic mass is 9.88. The van der Waals surface area contributed by atoms with Crippen LogP contribution in [0.3, 0.4) is 0 Å². The molecule has 1 fully saturated rings. The summed E-state index contributed by atoms with van der Waals surface area (Å²) in [5, 5.41) is 12.0. The molecule has 0 radical (unpaired) electrons. The van der Waals surface area contributed by atoms with Crippen molar-refractivity contribution in [2.75, 3.05) is 6.61 Å². The molecule has 1 aliphatic rings. The Morgan fingerprint density at radius 2 is 2.09 bits per heavy atom. The van der Waals surface area contributed by atoms with Crippen molar-refractivity contribution in [2.24, 2.45) is 5.92 Å². The van der Waals surface area contributed by atoms with E-state index in [0.717, 1.165) is 24.8 Å². The lowest BCUT2D eigenvalue weighted by Gasteiger charge is -2.32. The fourth-order valence-corrected chi connectivity index (χ4v) is 2.97. The van der Waals surface area contributed by atoms with Crippen molar-refractivity contribution in [1.29, 1.82) is 0 Å². The summed E-state index contributed by atoms with van der Waals surface area (Å²) in [6.45, 7) is 2.63. The molecule has 0 spiro atoms. The number of carboxylic acids is 1. The molecule has 1 amide bonds. The Kier molecular flexibility index (Phi) is 6.59. The third-order valence-electron chi connectivity index (χ3n) is 4.25. The van der Waals surface area contributed by atoms with Crippen LogP contribution < -0.4 is 5.32 Å². The van der Waals surface area contributed by atoms with Crippen molar-refractivity contribution in [2.45, 2.75) is 51.2 Å². The molecular weight excluding hydrogens is 294 g/mol. The van der Waals surface area contributed by atoms with E-state index in [2.05, 4.69) is 5.32 Å². The second kappa shape index (κ2) is 8.67. The zero-order chi connectivity index (χ0) is 16.7. The molecule has 0 bridgehead atoms. The first-order valence-corrected chi connectivity index (χ1v) is 8.33. The summed E-state index contributed by atoms with van der Waals surface area (Å²) >= 11 is 0. The smallest absolute Gasteiger partial charge is 0.326 e. The van der Waals surface area contributed by atoms with Crippen LogP contribution in [0.1, 0.15) is 50.7 Å². The van der Waals surface area contributed by atoms with Gasteiger partial charge in [0.2, 0.25) is 5.91 Å². The zero-order valence-corrected chi connectivity index (χ0v) is 13.5. The summed E-state index contributed by atoms with van der Waals surface area (Å²) in [4.78, 5) is 23.9. The Morgan fingerprint density at radius 1 is 1.35 bits per heavy atom. The lowest BCUT2D eigenvalue weighted by molar-refractivity contribution is -0.145. The van der Waals surface area contributed by atoms with Crippen LogP contribution in [-0.2, 0) is 14.3 Å². The molecule has 2 N–H and O–H groups in total. The van der Waals surface area contributed by atoms with Gasteiger partial charge in [-0.2, -0.15) is 0 Å². The third-order valence-corrected chi connectivity index (χ3v) is 4.25. The van der Waals surface area contributed by atoms with Crippen LogP contribution in [0.5, 0.6) is 0 Å². The monoisotopic (exact) mass is 319 g/mol. The second-order valence-corrected chi connectivity index (χ2v) is 5.99. The highest BCUT2D eigenvalue weighted by molar-refractivity contribution is 5.85. The average Bonchev–Trinajstić information content (AvgIpc) is 2.59. The molecule has 0 aromatic heterocycles. The maximum absolute atomic E-state index is 12.6. The first kappa shape index (κ1) is 17.5. The molecule has 5 nitrogen and oxygen atoms in total. The van der Waals surface area contributed by atoms with Crippen molar-refractivity contribution in [1.82, 2.24) is 5.32 Å². The van der Waals surface area contributed by atoms with Crippen molar-refractivity contribution in [3.8, 4) is 0 Å². The molecule has 1 heterocycles. The van der Waals surface area contributed by atoms with E-state index in [-0.39, 0.29) is 17.9 Å². The lowest BCUT2D eigenvalue weighted by Crippen LogP contribution is -2.46. The summed E-state index contributed by atoms with van der Waals surface area (Å²) in [6.07, 6.45) is 3.37. The van der Waals surface area contributed by atoms with Crippen molar-refractivity contribution < 1.29 is 19.4 Å². The number of benzene rings is 1. The van der Waals surface area contributed by atoms with Crippen LogP contribution in [-0.4, -0.2) is 29.6 Å². The molecule has 1 aromatic carbocycles. The fourth-order valence-electron chi connectivity index (χ4n) is 2.97. The highest BCUT2D eigenvalue weighted by Gasteiger charge is 2.34. The Balaban J connectivity index is 2.07. The van der Waals surface area contributed by atoms with Crippen LogP contribution >= 0.6 is 0 Å². The number of hydrogen-bond acceptors (Lipinski definition) is 3. The zero-order valence-electron chi connectivity index (χ0n) is 13.5. The molecule has 2 rings (SSSR count). The topological polar surface area (TPSA) is 75.6 Å². The Hall–Kier alpha value is -1.88. The Bertz CT molecular complexity index is 517. The fraction of sp³-hybridized carbons (Fsp3) is 0.556. The van der Waals surface area contributed by atoms with E-state index in [1.165, 1.54) is 0 Å². The van der Waals surface area contributed by atoms with Crippen LogP contribution in [0, 0.1) is 5.92 Å². The number of carbonyl (C=O) groups is 2. The van der Waals surface area contributed by atoms with Gasteiger partial charge in [0.1, 0.15) is 6.04 Å². The molecule has 1 aliphatic heterocycles. The SMILES string of the molecule is CCCC[C@H](NC(=O)C1CCCOC1c1ccccc1)C(=O)O. The number of amides is 1. The molecule has 126 valence electrons. The number of unbranched alkanes of at least 4 members (excludes halogenated alkanes) is 1. The van der Waals surface area contributed by atoms with Gasteiger partial charge in [-0.25, -0.2) is 4.79 Å². The maximum Gasteiger partial charge on any atom is 0.326 e. The van der Waals surface area contributed by atoms with Gasteiger partial charge in [-0.15, -0.1) is 0 Å². The predicted molar refractivity (Wildman–Crippen MR) is 87.0 cm³/mol. The van der Waals surface area contributed by atoms with Gasteiger partial charge in [-0.1, -0.05) is 50.1 Å². The summed E-state index contributed by atoms with van der Waals surface area (Å²) < 4.78 is 5.81. The van der Waals surface area contributed by atoms with Gasteiger partial charge >= 0.3 is 5.97 Å². The number of carboxylic acid groups (broad SMARTS) is 1. The highest BCUT2D eigenvalue weighted by atomic mass is 16.5. The van der Waals surface area contributed by atoms with Gasteiger partial charge in [0.05, 0.1) is 12.0 Å². The van der Waals surface area contributed by atoms with E-state index in [4.69, 9.17) is 4.74 Å². The number of carbonyl (C=O) groups excluding carboxylic acids is 1. The summed E-state index contributed by atoms with van der Waals surface area (Å²) in [7, 11) is 0. The van der Waals surface area contributed by atoms with E-state index < -0.39 is 12.0 Å². The minimum Gasteiger partial charge on any atom is -0.480 e. The quantitative estimate of drug-likeness (QED) is 0.810. The first-order chi connectivity index (χ1) is 11.1. The van der Waals surface area contributed by atoms with Gasteiger partial charge < -0.3 is 15.2 Å². The molecule has 1 saturated heterocycles. The second-order valence-electron chi connectivity index (χ2n) is 5.99. The van der Waals surface area contributed by atoms with Crippen LogP contribution in [0.2, 0.25) is 0 Å². The van der Waals surface area contributed by atoms with Crippen molar-refractivity contribution >= 4 is 11.9 Å². The highest BCUT2D eigenvalue weighted by Crippen LogP contribution is 2.33. The van der Waals surface area contributed by atoms with Gasteiger partial charge in [-0.3, -0.25) is 4.79 Å². The Labute approximate surface area is 137 Å². The molecular formula is C18H25NO4. The third kappa shape index (κ3) is 4.79. The first-order valence-electron chi connectivity index (χ1n) is 8.33. The summed E-state index contributed by atoms with van der Waals surface area (Å²) in [5.41, 5.74) is 0.966. The summed E-state index contributed by atoms with van der Waals surface area (Å²) in [5.74, 6) is -1.53. The standard InChI is InChI=1S/C18H25NO4/c1-2-3-11-15(18(21)22)19-17(20)14-10-7-12-23-16(14)13-8-5-4-6-9-13/h4-6,8-9,14-16H,2-3,7,10-12H2,1H3,(H,19,20)(H,21,22)/t14?,15-,16?/m0/s1. The van der Waals surface area contributed by atoms with Crippen molar-refractivity contribution in [3.05, 3.63) is 35.9 Å². The predicted octanol–water partition coefficient (Wildman–Crippen LogP) is 2.91. The molecule has 5 heteroatoms. The number of hydrogen-bond donors (Lipinski definition) is 2. The largest absolute Gasteiger partial charge is 0.480 e. The minimum absolute atomic E-state index is 0.220. The molecule has 0 aliphatic carbocycles. The number of ether oxygens (including phenoxy) is 1. The van der Waals surface area contributed by atoms with Crippen LogP contribution in [0.15, 0.2) is 30.3 Å². The number of rotatable bonds is 7. The maximum atomic E-state index is 12.6.